The molecule has 25 heavy (non-hydrogen) atoms. The molecular weight excluding hydrogens is 332 g/mol. The van der Waals surface area contributed by atoms with Crippen molar-refractivity contribution in [2.24, 2.45) is 5.92 Å². The van der Waals surface area contributed by atoms with Crippen LogP contribution in [0.4, 0.5) is 0 Å². The number of hydrogen-bond donors (Lipinski definition) is 1. The van der Waals surface area contributed by atoms with E-state index in [1.54, 1.807) is 11.3 Å². The van der Waals surface area contributed by atoms with E-state index in [-0.39, 0.29) is 5.91 Å². The van der Waals surface area contributed by atoms with Crippen LogP contribution in [-0.2, 0) is 24.2 Å². The van der Waals surface area contributed by atoms with E-state index < -0.39 is 0 Å². The van der Waals surface area contributed by atoms with Gasteiger partial charge in [-0.15, -0.1) is 11.3 Å². The molecule has 4 rings (SSSR count). The number of thiophene rings is 1. The Labute approximate surface area is 153 Å². The van der Waals surface area contributed by atoms with Crippen LogP contribution in [0.3, 0.4) is 0 Å². The molecule has 2 aliphatic rings. The largest absolute Gasteiger partial charge is 0.355 e. The van der Waals surface area contributed by atoms with Crippen molar-refractivity contribution in [1.29, 1.82) is 0 Å². The number of amides is 1. The van der Waals surface area contributed by atoms with E-state index in [4.69, 9.17) is 4.98 Å². The highest BCUT2D eigenvalue weighted by Gasteiger charge is 2.31. The van der Waals surface area contributed by atoms with E-state index in [0.717, 1.165) is 36.9 Å². The third-order valence-electron chi connectivity index (χ3n) is 5.21. The first kappa shape index (κ1) is 16.8. The molecule has 1 aliphatic carbocycles. The van der Waals surface area contributed by atoms with Crippen LogP contribution in [0.1, 0.15) is 42.2 Å². The molecule has 0 bridgehead atoms. The van der Waals surface area contributed by atoms with Crippen LogP contribution in [-0.4, -0.2) is 40.0 Å². The van der Waals surface area contributed by atoms with Crippen LogP contribution in [0.2, 0.25) is 0 Å². The second-order valence-corrected chi connectivity index (χ2v) is 8.29. The van der Waals surface area contributed by atoms with Gasteiger partial charge < -0.3 is 9.88 Å². The van der Waals surface area contributed by atoms with Crippen molar-refractivity contribution in [1.82, 2.24) is 19.8 Å². The number of nitrogens with zero attached hydrogens (tertiary/aromatic N) is 3. The standard InChI is InChI=1S/C19H26N4OS/c1-14-19-21-16(11-18(24)20-7-6-17-3-2-10-25-17)13-23(19)9-8-22(14)12-15-4-5-15/h2-3,10,13-15H,4-9,11-12H2,1H3,(H,20,24)/t14-/m0/s1. The highest BCUT2D eigenvalue weighted by atomic mass is 32.1. The lowest BCUT2D eigenvalue weighted by molar-refractivity contribution is -0.120. The molecule has 1 atom stereocenters. The van der Waals surface area contributed by atoms with Crippen LogP contribution in [0.5, 0.6) is 0 Å². The van der Waals surface area contributed by atoms with E-state index in [9.17, 15) is 4.79 Å². The minimum atomic E-state index is 0.0643. The lowest BCUT2D eigenvalue weighted by Gasteiger charge is -2.33. The fraction of sp³-hybridized carbons (Fsp3) is 0.579. The van der Waals surface area contributed by atoms with Gasteiger partial charge in [-0.25, -0.2) is 4.98 Å². The SMILES string of the molecule is C[C@H]1c2nc(CC(=O)NCCc3cccs3)cn2CCN1CC1CC1. The first-order chi connectivity index (χ1) is 12.2. The minimum absolute atomic E-state index is 0.0643. The van der Waals surface area contributed by atoms with Crippen molar-refractivity contribution < 1.29 is 4.79 Å². The highest BCUT2D eigenvalue weighted by Crippen LogP contribution is 2.33. The van der Waals surface area contributed by atoms with Gasteiger partial charge in [-0.1, -0.05) is 6.07 Å². The van der Waals surface area contributed by atoms with Gasteiger partial charge in [-0.05, 0) is 43.6 Å². The summed E-state index contributed by atoms with van der Waals surface area (Å²) in [5.41, 5.74) is 0.892. The quantitative estimate of drug-likeness (QED) is 0.828. The molecule has 134 valence electrons. The second-order valence-electron chi connectivity index (χ2n) is 7.25. The molecule has 6 heteroatoms. The molecule has 3 heterocycles. The van der Waals surface area contributed by atoms with Crippen LogP contribution < -0.4 is 5.32 Å². The average Bonchev–Trinajstić information content (AvgIpc) is 3.08. The van der Waals surface area contributed by atoms with Gasteiger partial charge in [0.15, 0.2) is 0 Å². The number of carbonyl (C=O) groups excluding carboxylic acids is 1. The van der Waals surface area contributed by atoms with E-state index >= 15 is 0 Å². The monoisotopic (exact) mass is 358 g/mol. The fourth-order valence-corrected chi connectivity index (χ4v) is 4.27. The Balaban J connectivity index is 1.30. The molecule has 2 aromatic rings. The maximum atomic E-state index is 12.2. The van der Waals surface area contributed by atoms with Crippen molar-refractivity contribution in [2.45, 2.75) is 45.2 Å². The summed E-state index contributed by atoms with van der Waals surface area (Å²) < 4.78 is 2.24. The number of aromatic nitrogens is 2. The zero-order chi connectivity index (χ0) is 17.2. The van der Waals surface area contributed by atoms with Gasteiger partial charge in [-0.3, -0.25) is 9.69 Å². The molecule has 1 amide bonds. The zero-order valence-corrected chi connectivity index (χ0v) is 15.6. The molecule has 1 fully saturated rings. The predicted octanol–water partition coefficient (Wildman–Crippen LogP) is 2.63. The summed E-state index contributed by atoms with van der Waals surface area (Å²) in [4.78, 5) is 20.8. The molecular formula is C19H26N4OS. The number of rotatable bonds is 7. The van der Waals surface area contributed by atoms with Gasteiger partial charge in [0, 0.05) is 37.3 Å². The van der Waals surface area contributed by atoms with Gasteiger partial charge in [0.25, 0.3) is 0 Å². The zero-order valence-electron chi connectivity index (χ0n) is 14.8. The topological polar surface area (TPSA) is 50.2 Å². The smallest absolute Gasteiger partial charge is 0.226 e. The van der Waals surface area contributed by atoms with Crippen LogP contribution in [0.25, 0.3) is 0 Å². The van der Waals surface area contributed by atoms with Crippen LogP contribution in [0, 0.1) is 5.92 Å². The normalized spacial score (nSPS) is 20.4. The molecule has 0 unspecified atom stereocenters. The Morgan fingerprint density at radius 3 is 3.04 bits per heavy atom. The van der Waals surface area contributed by atoms with Gasteiger partial charge in [-0.2, -0.15) is 0 Å². The molecule has 2 aromatic heterocycles. The molecule has 0 spiro atoms. The Morgan fingerprint density at radius 2 is 2.28 bits per heavy atom. The third kappa shape index (κ3) is 4.12. The third-order valence-corrected chi connectivity index (χ3v) is 6.15. The van der Waals surface area contributed by atoms with Crippen LogP contribution in [0.15, 0.2) is 23.7 Å². The lowest BCUT2D eigenvalue weighted by Crippen LogP contribution is -2.38. The Hall–Kier alpha value is -1.66. The molecule has 0 saturated heterocycles. The minimum Gasteiger partial charge on any atom is -0.355 e. The number of carbonyl (C=O) groups is 1. The first-order valence-electron chi connectivity index (χ1n) is 9.28. The van der Waals surface area contributed by atoms with Crippen molar-refractivity contribution in [3.8, 4) is 0 Å². The molecule has 1 N–H and O–H groups in total. The van der Waals surface area contributed by atoms with Crippen molar-refractivity contribution in [3.63, 3.8) is 0 Å². The summed E-state index contributed by atoms with van der Waals surface area (Å²) in [6.07, 6.45) is 6.11. The van der Waals surface area contributed by atoms with Gasteiger partial charge >= 0.3 is 0 Å². The fourth-order valence-electron chi connectivity index (χ4n) is 3.57. The summed E-state index contributed by atoms with van der Waals surface area (Å²) in [5.74, 6) is 2.08. The summed E-state index contributed by atoms with van der Waals surface area (Å²) in [6.45, 7) is 6.21. The molecule has 1 saturated carbocycles. The van der Waals surface area contributed by atoms with E-state index in [1.807, 2.05) is 6.07 Å². The van der Waals surface area contributed by atoms with Crippen molar-refractivity contribution in [2.75, 3.05) is 19.6 Å². The summed E-state index contributed by atoms with van der Waals surface area (Å²) >= 11 is 1.73. The number of imidazole rings is 1. The predicted molar refractivity (Wildman–Crippen MR) is 99.7 cm³/mol. The van der Waals surface area contributed by atoms with E-state index in [0.29, 0.717) is 19.0 Å². The van der Waals surface area contributed by atoms with E-state index in [2.05, 4.69) is 39.4 Å². The molecule has 1 aliphatic heterocycles. The van der Waals surface area contributed by atoms with Gasteiger partial charge in [0.2, 0.25) is 5.91 Å². The Kier molecular flexibility index (Phi) is 4.90. The van der Waals surface area contributed by atoms with Gasteiger partial charge in [0.05, 0.1) is 18.2 Å². The number of fused-ring (bicyclic) bond motifs is 1. The van der Waals surface area contributed by atoms with Crippen molar-refractivity contribution in [3.05, 3.63) is 40.1 Å². The number of hydrogen-bond acceptors (Lipinski definition) is 4. The molecule has 0 radical (unpaired) electrons. The Morgan fingerprint density at radius 1 is 1.40 bits per heavy atom. The molecule has 0 aromatic carbocycles. The maximum absolute atomic E-state index is 12.2. The first-order valence-corrected chi connectivity index (χ1v) is 10.2. The molecule has 5 nitrogen and oxygen atoms in total. The average molecular weight is 359 g/mol. The van der Waals surface area contributed by atoms with Crippen molar-refractivity contribution >= 4 is 17.2 Å². The number of nitrogens with one attached hydrogen (secondary N) is 1. The Bertz CT molecular complexity index is 720. The van der Waals surface area contributed by atoms with Crippen LogP contribution >= 0.6 is 11.3 Å². The highest BCUT2D eigenvalue weighted by molar-refractivity contribution is 7.09. The van der Waals surface area contributed by atoms with E-state index in [1.165, 1.54) is 24.3 Å². The summed E-state index contributed by atoms with van der Waals surface area (Å²) in [6, 6.07) is 4.50. The summed E-state index contributed by atoms with van der Waals surface area (Å²) in [7, 11) is 0. The lowest BCUT2D eigenvalue weighted by atomic mass is 10.2. The second kappa shape index (κ2) is 7.30. The van der Waals surface area contributed by atoms with Gasteiger partial charge in [0.1, 0.15) is 5.82 Å². The maximum Gasteiger partial charge on any atom is 0.226 e. The summed E-state index contributed by atoms with van der Waals surface area (Å²) in [5, 5.41) is 5.08.